The third-order valence-corrected chi connectivity index (χ3v) is 4.11. The Bertz CT molecular complexity index is 360. The number of esters is 1. The quantitative estimate of drug-likeness (QED) is 0.587. The number of carboxylic acids is 1. The van der Waals surface area contributed by atoms with Crippen LogP contribution in [0.15, 0.2) is 12.2 Å². The maximum atomic E-state index is 12.0. The van der Waals surface area contributed by atoms with Gasteiger partial charge in [0, 0.05) is 6.42 Å². The zero-order valence-electron chi connectivity index (χ0n) is 10.0. The molecule has 1 fully saturated rings. The molecule has 0 radical (unpaired) electrons. The molecule has 0 aromatic rings. The van der Waals surface area contributed by atoms with E-state index in [9.17, 15) is 9.59 Å². The number of allylic oxidation sites excluding steroid dienone is 2. The van der Waals surface area contributed by atoms with Gasteiger partial charge in [0.15, 0.2) is 0 Å². The van der Waals surface area contributed by atoms with E-state index in [-0.39, 0.29) is 18.3 Å². The van der Waals surface area contributed by atoms with Gasteiger partial charge in [0.1, 0.15) is 0 Å². The monoisotopic (exact) mass is 238 g/mol. The van der Waals surface area contributed by atoms with E-state index in [0.29, 0.717) is 18.8 Å². The molecule has 0 aromatic heterocycles. The van der Waals surface area contributed by atoms with Crippen LogP contribution in [-0.2, 0) is 14.3 Å². The SMILES string of the molecule is COC(=O)C1(CCCC(=O)O)CC2C=CC1C2. The van der Waals surface area contributed by atoms with Crippen LogP contribution in [0.4, 0.5) is 0 Å². The third-order valence-electron chi connectivity index (χ3n) is 4.11. The van der Waals surface area contributed by atoms with Crippen molar-refractivity contribution in [1.82, 2.24) is 0 Å². The first-order valence-corrected chi connectivity index (χ1v) is 6.07. The number of aliphatic carboxylic acids is 1. The minimum absolute atomic E-state index is 0.125. The fourth-order valence-electron chi connectivity index (χ4n) is 3.34. The molecule has 0 heterocycles. The van der Waals surface area contributed by atoms with Gasteiger partial charge in [-0.1, -0.05) is 12.2 Å². The van der Waals surface area contributed by atoms with Gasteiger partial charge in [-0.3, -0.25) is 9.59 Å². The summed E-state index contributed by atoms with van der Waals surface area (Å²) < 4.78 is 4.93. The maximum Gasteiger partial charge on any atom is 0.312 e. The molecule has 2 aliphatic carbocycles. The summed E-state index contributed by atoms with van der Waals surface area (Å²) in [5.74, 6) is -0.249. The number of hydrogen-bond acceptors (Lipinski definition) is 3. The summed E-state index contributed by atoms with van der Waals surface area (Å²) in [6.45, 7) is 0. The van der Waals surface area contributed by atoms with Gasteiger partial charge in [-0.05, 0) is 37.5 Å². The van der Waals surface area contributed by atoms with E-state index >= 15 is 0 Å². The van der Waals surface area contributed by atoms with Crippen LogP contribution < -0.4 is 0 Å². The van der Waals surface area contributed by atoms with Crippen molar-refractivity contribution in [3.05, 3.63) is 12.2 Å². The van der Waals surface area contributed by atoms with Gasteiger partial charge in [0.2, 0.25) is 0 Å². The second-order valence-electron chi connectivity index (χ2n) is 5.09. The Kier molecular flexibility index (Phi) is 3.22. The van der Waals surface area contributed by atoms with E-state index < -0.39 is 11.4 Å². The first kappa shape index (κ1) is 12.1. The second kappa shape index (κ2) is 4.51. The molecule has 0 aromatic carbocycles. The van der Waals surface area contributed by atoms with Gasteiger partial charge < -0.3 is 9.84 Å². The van der Waals surface area contributed by atoms with Crippen LogP contribution in [0.3, 0.4) is 0 Å². The molecule has 1 N–H and O–H groups in total. The van der Waals surface area contributed by atoms with Crippen LogP contribution in [0, 0.1) is 17.3 Å². The lowest BCUT2D eigenvalue weighted by Crippen LogP contribution is -2.36. The summed E-state index contributed by atoms with van der Waals surface area (Å²) in [6, 6.07) is 0. The summed E-state index contributed by atoms with van der Waals surface area (Å²) in [6.07, 6.45) is 7.40. The second-order valence-corrected chi connectivity index (χ2v) is 5.09. The van der Waals surface area contributed by atoms with Crippen molar-refractivity contribution in [1.29, 1.82) is 0 Å². The van der Waals surface area contributed by atoms with E-state index in [0.717, 1.165) is 12.8 Å². The Morgan fingerprint density at radius 2 is 2.24 bits per heavy atom. The van der Waals surface area contributed by atoms with Crippen LogP contribution in [0.1, 0.15) is 32.1 Å². The largest absolute Gasteiger partial charge is 0.481 e. The zero-order valence-corrected chi connectivity index (χ0v) is 10.0. The number of carbonyl (C=O) groups excluding carboxylic acids is 1. The standard InChI is InChI=1S/C13H18O4/c1-17-12(16)13(6-2-3-11(14)15)8-9-4-5-10(13)7-9/h4-5,9-10H,2-3,6-8H2,1H3,(H,14,15). The fourth-order valence-corrected chi connectivity index (χ4v) is 3.34. The van der Waals surface area contributed by atoms with Gasteiger partial charge in [-0.25, -0.2) is 0 Å². The Morgan fingerprint density at radius 1 is 1.47 bits per heavy atom. The lowest BCUT2D eigenvalue weighted by Gasteiger charge is -2.32. The molecule has 4 heteroatoms. The lowest BCUT2D eigenvalue weighted by atomic mass is 9.72. The van der Waals surface area contributed by atoms with Gasteiger partial charge in [0.05, 0.1) is 12.5 Å². The molecule has 2 rings (SSSR count). The lowest BCUT2D eigenvalue weighted by molar-refractivity contribution is -0.155. The summed E-state index contributed by atoms with van der Waals surface area (Å²) in [4.78, 5) is 22.5. The summed E-state index contributed by atoms with van der Waals surface area (Å²) >= 11 is 0. The Balaban J connectivity index is 2.07. The van der Waals surface area contributed by atoms with E-state index in [1.165, 1.54) is 7.11 Å². The molecule has 0 amide bonds. The Hall–Kier alpha value is -1.32. The zero-order chi connectivity index (χ0) is 12.5. The van der Waals surface area contributed by atoms with E-state index in [1.54, 1.807) is 0 Å². The van der Waals surface area contributed by atoms with E-state index in [2.05, 4.69) is 12.2 Å². The average molecular weight is 238 g/mol. The first-order valence-electron chi connectivity index (χ1n) is 6.07. The molecule has 3 unspecified atom stereocenters. The summed E-state index contributed by atoms with van der Waals surface area (Å²) in [7, 11) is 1.41. The van der Waals surface area contributed by atoms with Crippen molar-refractivity contribution in [2.45, 2.75) is 32.1 Å². The van der Waals surface area contributed by atoms with Crippen molar-refractivity contribution in [3.8, 4) is 0 Å². The molecular formula is C13H18O4. The number of methoxy groups -OCH3 is 1. The minimum atomic E-state index is -0.802. The molecule has 0 spiro atoms. The number of carbonyl (C=O) groups is 2. The molecular weight excluding hydrogens is 220 g/mol. The molecule has 94 valence electrons. The predicted octanol–water partition coefficient (Wildman–Crippen LogP) is 2.00. The van der Waals surface area contributed by atoms with Crippen LogP contribution in [-0.4, -0.2) is 24.2 Å². The molecule has 1 saturated carbocycles. The molecule has 0 saturated heterocycles. The van der Waals surface area contributed by atoms with Crippen molar-refractivity contribution in [2.24, 2.45) is 17.3 Å². The molecule has 4 nitrogen and oxygen atoms in total. The van der Waals surface area contributed by atoms with E-state index in [1.807, 2.05) is 0 Å². The maximum absolute atomic E-state index is 12.0. The van der Waals surface area contributed by atoms with Gasteiger partial charge >= 0.3 is 11.9 Å². The highest BCUT2D eigenvalue weighted by molar-refractivity contribution is 5.78. The number of rotatable bonds is 5. The molecule has 0 aliphatic heterocycles. The number of ether oxygens (including phenoxy) is 1. The number of hydrogen-bond donors (Lipinski definition) is 1. The first-order chi connectivity index (χ1) is 8.08. The topological polar surface area (TPSA) is 63.6 Å². The molecule has 2 aliphatic rings. The van der Waals surface area contributed by atoms with Crippen molar-refractivity contribution < 1.29 is 19.4 Å². The summed E-state index contributed by atoms with van der Waals surface area (Å²) in [5, 5.41) is 8.67. The normalized spacial score (nSPS) is 33.9. The minimum Gasteiger partial charge on any atom is -0.481 e. The Labute approximate surface area is 101 Å². The highest BCUT2D eigenvalue weighted by Gasteiger charge is 2.53. The fraction of sp³-hybridized carbons (Fsp3) is 0.692. The van der Waals surface area contributed by atoms with Crippen LogP contribution in [0.5, 0.6) is 0 Å². The van der Waals surface area contributed by atoms with Crippen molar-refractivity contribution >= 4 is 11.9 Å². The van der Waals surface area contributed by atoms with Crippen molar-refractivity contribution in [3.63, 3.8) is 0 Å². The van der Waals surface area contributed by atoms with Crippen LogP contribution in [0.25, 0.3) is 0 Å². The third kappa shape index (κ3) is 2.08. The molecule has 2 bridgehead atoms. The summed E-state index contributed by atoms with van der Waals surface area (Å²) in [5.41, 5.74) is -0.455. The van der Waals surface area contributed by atoms with Gasteiger partial charge in [-0.2, -0.15) is 0 Å². The smallest absolute Gasteiger partial charge is 0.312 e. The number of fused-ring (bicyclic) bond motifs is 2. The predicted molar refractivity (Wildman–Crippen MR) is 61.3 cm³/mol. The van der Waals surface area contributed by atoms with Crippen molar-refractivity contribution in [2.75, 3.05) is 7.11 Å². The van der Waals surface area contributed by atoms with Gasteiger partial charge in [-0.15, -0.1) is 0 Å². The molecule has 3 atom stereocenters. The van der Waals surface area contributed by atoms with Crippen LogP contribution >= 0.6 is 0 Å². The molecule has 17 heavy (non-hydrogen) atoms. The Morgan fingerprint density at radius 3 is 2.71 bits per heavy atom. The number of carboxylic acid groups (broad SMARTS) is 1. The highest BCUT2D eigenvalue weighted by Crippen LogP contribution is 2.55. The highest BCUT2D eigenvalue weighted by atomic mass is 16.5. The van der Waals surface area contributed by atoms with E-state index in [4.69, 9.17) is 9.84 Å². The van der Waals surface area contributed by atoms with Crippen LogP contribution in [0.2, 0.25) is 0 Å². The average Bonchev–Trinajstić information content (AvgIpc) is 2.88. The van der Waals surface area contributed by atoms with Gasteiger partial charge in [0.25, 0.3) is 0 Å².